The van der Waals surface area contributed by atoms with Gasteiger partial charge in [0.1, 0.15) is 5.69 Å². The molecule has 1 rings (SSSR count). The molecular weight excluding hydrogens is 192 g/mol. The van der Waals surface area contributed by atoms with E-state index in [2.05, 4.69) is 15.3 Å². The van der Waals surface area contributed by atoms with Crippen molar-refractivity contribution >= 4 is 29.4 Å². The normalized spacial score (nSPS) is 11.7. The Bertz CT molecular complexity index is 304. The molecule has 0 saturated heterocycles. The SMILES string of the molecule is C=C/C(=C\c1nsnc1C)CCl. The van der Waals surface area contributed by atoms with Crippen molar-refractivity contribution in [1.29, 1.82) is 0 Å². The topological polar surface area (TPSA) is 25.8 Å². The first kappa shape index (κ1) is 9.42. The summed E-state index contributed by atoms with van der Waals surface area (Å²) in [6.45, 7) is 5.57. The third-order valence-electron chi connectivity index (χ3n) is 1.43. The molecule has 0 amide bonds. The van der Waals surface area contributed by atoms with E-state index in [-0.39, 0.29) is 0 Å². The molecular formula is C8H9ClN2S. The van der Waals surface area contributed by atoms with E-state index in [0.29, 0.717) is 5.88 Å². The number of aryl methyl sites for hydroxylation is 1. The Kier molecular flexibility index (Phi) is 3.44. The van der Waals surface area contributed by atoms with E-state index < -0.39 is 0 Å². The number of halogens is 1. The first-order valence-corrected chi connectivity index (χ1v) is 4.72. The van der Waals surface area contributed by atoms with Gasteiger partial charge in [0, 0.05) is 5.88 Å². The minimum atomic E-state index is 0.459. The van der Waals surface area contributed by atoms with E-state index in [1.807, 2.05) is 13.0 Å². The van der Waals surface area contributed by atoms with Crippen molar-refractivity contribution < 1.29 is 0 Å². The van der Waals surface area contributed by atoms with Crippen molar-refractivity contribution in [3.05, 3.63) is 29.6 Å². The van der Waals surface area contributed by atoms with E-state index in [1.54, 1.807) is 6.08 Å². The summed E-state index contributed by atoms with van der Waals surface area (Å²) >= 11 is 6.86. The van der Waals surface area contributed by atoms with Gasteiger partial charge in [-0.3, -0.25) is 0 Å². The van der Waals surface area contributed by atoms with Gasteiger partial charge < -0.3 is 0 Å². The van der Waals surface area contributed by atoms with Gasteiger partial charge >= 0.3 is 0 Å². The average Bonchev–Trinajstić information content (AvgIpc) is 2.47. The molecule has 0 unspecified atom stereocenters. The van der Waals surface area contributed by atoms with Gasteiger partial charge in [-0.15, -0.1) is 11.6 Å². The number of hydrogen-bond acceptors (Lipinski definition) is 3. The fourth-order valence-electron chi connectivity index (χ4n) is 0.697. The van der Waals surface area contributed by atoms with Crippen molar-refractivity contribution in [3.8, 4) is 0 Å². The Morgan fingerprint density at radius 1 is 1.67 bits per heavy atom. The zero-order valence-electron chi connectivity index (χ0n) is 6.75. The monoisotopic (exact) mass is 200 g/mol. The van der Waals surface area contributed by atoms with Crippen LogP contribution in [-0.2, 0) is 0 Å². The summed E-state index contributed by atoms with van der Waals surface area (Å²) in [5.41, 5.74) is 2.78. The summed E-state index contributed by atoms with van der Waals surface area (Å²) in [5.74, 6) is 0.459. The largest absolute Gasteiger partial charge is 0.178 e. The predicted octanol–water partition coefficient (Wildman–Crippen LogP) is 2.65. The van der Waals surface area contributed by atoms with Crippen LogP contribution in [-0.4, -0.2) is 14.6 Å². The molecule has 0 bridgehead atoms. The third kappa shape index (κ3) is 2.16. The lowest BCUT2D eigenvalue weighted by atomic mass is 10.2. The van der Waals surface area contributed by atoms with Crippen molar-refractivity contribution in [3.63, 3.8) is 0 Å². The van der Waals surface area contributed by atoms with Gasteiger partial charge in [0.2, 0.25) is 0 Å². The summed E-state index contributed by atoms with van der Waals surface area (Å²) in [5, 5.41) is 0. The molecule has 0 radical (unpaired) electrons. The van der Waals surface area contributed by atoms with Crippen LogP contribution < -0.4 is 0 Å². The van der Waals surface area contributed by atoms with Crippen LogP contribution in [0.4, 0.5) is 0 Å². The minimum absolute atomic E-state index is 0.459. The van der Waals surface area contributed by atoms with Gasteiger partial charge in [-0.05, 0) is 18.6 Å². The zero-order valence-corrected chi connectivity index (χ0v) is 8.32. The van der Waals surface area contributed by atoms with Crippen LogP contribution in [0.1, 0.15) is 11.4 Å². The molecule has 0 aliphatic carbocycles. The molecule has 12 heavy (non-hydrogen) atoms. The van der Waals surface area contributed by atoms with E-state index >= 15 is 0 Å². The fourth-order valence-corrected chi connectivity index (χ4v) is 1.41. The molecule has 0 saturated carbocycles. The number of allylic oxidation sites excluding steroid dienone is 2. The maximum atomic E-state index is 5.65. The van der Waals surface area contributed by atoms with Crippen LogP contribution in [0.15, 0.2) is 18.2 Å². The highest BCUT2D eigenvalue weighted by Gasteiger charge is 1.99. The van der Waals surface area contributed by atoms with Gasteiger partial charge in [-0.2, -0.15) is 8.75 Å². The van der Waals surface area contributed by atoms with Gasteiger partial charge in [0.05, 0.1) is 17.4 Å². The summed E-state index contributed by atoms with van der Waals surface area (Å²) in [6.07, 6.45) is 3.63. The lowest BCUT2D eigenvalue weighted by Crippen LogP contribution is -1.82. The minimum Gasteiger partial charge on any atom is -0.178 e. The molecule has 0 spiro atoms. The third-order valence-corrected chi connectivity index (χ3v) is 2.37. The maximum absolute atomic E-state index is 5.65. The van der Waals surface area contributed by atoms with Crippen molar-refractivity contribution in [2.45, 2.75) is 6.92 Å². The number of alkyl halides is 1. The molecule has 1 aromatic rings. The first-order chi connectivity index (χ1) is 5.77. The Hall–Kier alpha value is -0.670. The summed E-state index contributed by atoms with van der Waals surface area (Å²) < 4.78 is 8.15. The molecule has 0 fully saturated rings. The van der Waals surface area contributed by atoms with E-state index in [4.69, 9.17) is 11.6 Å². The zero-order chi connectivity index (χ0) is 8.97. The highest BCUT2D eigenvalue weighted by Crippen LogP contribution is 2.11. The molecule has 0 aliphatic heterocycles. The van der Waals surface area contributed by atoms with Crippen LogP contribution in [0.3, 0.4) is 0 Å². The molecule has 0 atom stereocenters. The Labute approximate surface area is 80.9 Å². The van der Waals surface area contributed by atoms with Gasteiger partial charge in [-0.25, -0.2) is 0 Å². The first-order valence-electron chi connectivity index (χ1n) is 3.46. The summed E-state index contributed by atoms with van der Waals surface area (Å²) in [4.78, 5) is 0. The average molecular weight is 201 g/mol. The lowest BCUT2D eigenvalue weighted by molar-refractivity contribution is 1.29. The Balaban J connectivity index is 2.92. The van der Waals surface area contributed by atoms with Gasteiger partial charge in [0.25, 0.3) is 0 Å². The maximum Gasteiger partial charge on any atom is 0.100 e. The molecule has 1 aromatic heterocycles. The molecule has 64 valence electrons. The van der Waals surface area contributed by atoms with Gasteiger partial charge in [0.15, 0.2) is 0 Å². The second kappa shape index (κ2) is 4.38. The number of rotatable bonds is 3. The standard InChI is InChI=1S/C8H9ClN2S/c1-3-7(5-9)4-8-6(2)10-12-11-8/h3-4H,1,5H2,2H3/b7-4+. The Morgan fingerprint density at radius 3 is 2.83 bits per heavy atom. The van der Waals surface area contributed by atoms with Crippen LogP contribution in [0, 0.1) is 6.92 Å². The second-order valence-corrected chi connectivity index (χ2v) is 3.09. The number of nitrogens with zero attached hydrogens (tertiary/aromatic N) is 2. The summed E-state index contributed by atoms with van der Waals surface area (Å²) in [7, 11) is 0. The fraction of sp³-hybridized carbons (Fsp3) is 0.250. The molecule has 4 heteroatoms. The smallest absolute Gasteiger partial charge is 0.100 e. The van der Waals surface area contributed by atoms with E-state index in [0.717, 1.165) is 17.0 Å². The van der Waals surface area contributed by atoms with E-state index in [1.165, 1.54) is 11.7 Å². The molecule has 1 heterocycles. The van der Waals surface area contributed by atoms with Crippen LogP contribution in [0.5, 0.6) is 0 Å². The second-order valence-electron chi connectivity index (χ2n) is 2.29. The van der Waals surface area contributed by atoms with Crippen LogP contribution >= 0.6 is 23.3 Å². The summed E-state index contributed by atoms with van der Waals surface area (Å²) in [6, 6.07) is 0. The van der Waals surface area contributed by atoms with Crippen molar-refractivity contribution in [2.75, 3.05) is 5.88 Å². The Morgan fingerprint density at radius 2 is 2.42 bits per heavy atom. The quantitative estimate of drug-likeness (QED) is 0.554. The van der Waals surface area contributed by atoms with Crippen molar-refractivity contribution in [1.82, 2.24) is 8.75 Å². The molecule has 2 nitrogen and oxygen atoms in total. The number of aromatic nitrogens is 2. The van der Waals surface area contributed by atoms with Crippen LogP contribution in [0.2, 0.25) is 0 Å². The lowest BCUT2D eigenvalue weighted by Gasteiger charge is -1.92. The molecule has 0 N–H and O–H groups in total. The van der Waals surface area contributed by atoms with E-state index in [9.17, 15) is 0 Å². The highest BCUT2D eigenvalue weighted by atomic mass is 35.5. The van der Waals surface area contributed by atoms with Crippen molar-refractivity contribution in [2.24, 2.45) is 0 Å². The van der Waals surface area contributed by atoms with Gasteiger partial charge in [-0.1, -0.05) is 12.7 Å². The highest BCUT2D eigenvalue weighted by molar-refractivity contribution is 6.99. The molecule has 0 aliphatic rings. The molecule has 0 aromatic carbocycles. The predicted molar refractivity (Wildman–Crippen MR) is 53.5 cm³/mol. The number of hydrogen-bond donors (Lipinski definition) is 0. The van der Waals surface area contributed by atoms with Crippen LogP contribution in [0.25, 0.3) is 6.08 Å².